The van der Waals surface area contributed by atoms with Crippen LogP contribution in [0.1, 0.15) is 47.3 Å². The van der Waals surface area contributed by atoms with Gasteiger partial charge in [-0.1, -0.05) is 12.1 Å². The maximum absolute atomic E-state index is 13.2. The number of rotatable bonds is 3. The van der Waals surface area contributed by atoms with Crippen molar-refractivity contribution in [1.29, 1.82) is 0 Å². The van der Waals surface area contributed by atoms with Gasteiger partial charge in [0.2, 0.25) is 0 Å². The van der Waals surface area contributed by atoms with Gasteiger partial charge in [0.15, 0.2) is 5.69 Å². The van der Waals surface area contributed by atoms with E-state index in [1.54, 1.807) is 12.1 Å². The van der Waals surface area contributed by atoms with Crippen molar-refractivity contribution in [2.24, 2.45) is 0 Å². The second kappa shape index (κ2) is 5.93. The molecule has 1 fully saturated rings. The van der Waals surface area contributed by atoms with E-state index >= 15 is 0 Å². The van der Waals surface area contributed by atoms with E-state index < -0.39 is 5.54 Å². The Morgan fingerprint density at radius 2 is 2.04 bits per heavy atom. The molecule has 0 radical (unpaired) electrons. The van der Waals surface area contributed by atoms with Gasteiger partial charge in [-0.05, 0) is 31.5 Å². The lowest BCUT2D eigenvalue weighted by atomic mass is 9.87. The summed E-state index contributed by atoms with van der Waals surface area (Å²) < 4.78 is 24.3. The number of halogens is 1. The summed E-state index contributed by atoms with van der Waals surface area (Å²) in [6, 6.07) is 6.13. The molecule has 0 spiro atoms. The van der Waals surface area contributed by atoms with Crippen molar-refractivity contribution in [3.8, 4) is 0 Å². The van der Waals surface area contributed by atoms with Crippen molar-refractivity contribution < 1.29 is 18.7 Å². The molecule has 2 aliphatic heterocycles. The molecular formula is C18H20FN3O3. The number of aromatic amines is 1. The Balaban J connectivity index is 1.61. The molecule has 1 aromatic heterocycles. The number of hydrogen-bond acceptors (Lipinski definition) is 4. The monoisotopic (exact) mass is 345 g/mol. The summed E-state index contributed by atoms with van der Waals surface area (Å²) in [6.45, 7) is 4.63. The summed E-state index contributed by atoms with van der Waals surface area (Å²) in [5, 5.41) is 10.2. The Labute approximate surface area is 144 Å². The number of hydrogen-bond donors (Lipinski definition) is 2. The number of nitrogens with zero attached hydrogens (tertiary/aromatic N) is 1. The van der Waals surface area contributed by atoms with Crippen LogP contribution in [0.2, 0.25) is 0 Å². The minimum atomic E-state index is -0.640. The number of amides is 1. The van der Waals surface area contributed by atoms with Gasteiger partial charge in [-0.15, -0.1) is 0 Å². The van der Waals surface area contributed by atoms with Crippen molar-refractivity contribution in [3.05, 3.63) is 52.6 Å². The Morgan fingerprint density at radius 3 is 2.68 bits per heavy atom. The summed E-state index contributed by atoms with van der Waals surface area (Å²) in [4.78, 5) is 12.9. The smallest absolute Gasteiger partial charge is 0.272 e. The molecule has 0 unspecified atom stereocenters. The molecule has 1 amide bonds. The minimum absolute atomic E-state index is 0.0322. The molecule has 2 aromatic rings. The molecule has 3 heterocycles. The second-order valence-corrected chi connectivity index (χ2v) is 6.79. The summed E-state index contributed by atoms with van der Waals surface area (Å²) in [7, 11) is 0. The topological polar surface area (TPSA) is 76.2 Å². The zero-order valence-electron chi connectivity index (χ0n) is 14.1. The standard InChI is InChI=1S/C18H20FN3O3/c1-10-7-14-15(11(2)25-10)21-22-16(14)17(23)20-18(8-24-9-18)12-3-5-13(19)6-4-12/h3-6,10-11H,7-9H2,1-2H3,(H,20,23)(H,21,22)/t10-,11+/m1/s1. The zero-order chi connectivity index (χ0) is 17.6. The predicted octanol–water partition coefficient (Wildman–Crippen LogP) is 2.23. The van der Waals surface area contributed by atoms with E-state index in [0.29, 0.717) is 25.3 Å². The van der Waals surface area contributed by atoms with Crippen LogP contribution in [0.25, 0.3) is 0 Å². The van der Waals surface area contributed by atoms with Crippen LogP contribution in [-0.2, 0) is 21.4 Å². The lowest BCUT2D eigenvalue weighted by molar-refractivity contribution is -0.0735. The van der Waals surface area contributed by atoms with Crippen LogP contribution in [-0.4, -0.2) is 35.4 Å². The maximum Gasteiger partial charge on any atom is 0.272 e. The lowest BCUT2D eigenvalue weighted by Gasteiger charge is -2.42. The summed E-state index contributed by atoms with van der Waals surface area (Å²) in [5.74, 6) is -0.568. The van der Waals surface area contributed by atoms with Crippen molar-refractivity contribution in [2.75, 3.05) is 13.2 Å². The van der Waals surface area contributed by atoms with Crippen LogP contribution in [0, 0.1) is 5.82 Å². The van der Waals surface area contributed by atoms with E-state index in [-0.39, 0.29) is 23.9 Å². The maximum atomic E-state index is 13.2. The third-order valence-electron chi connectivity index (χ3n) is 4.90. The molecule has 2 N–H and O–H groups in total. The molecule has 6 nitrogen and oxygen atoms in total. The number of aromatic nitrogens is 2. The van der Waals surface area contributed by atoms with Gasteiger partial charge in [0.05, 0.1) is 31.1 Å². The fourth-order valence-electron chi connectivity index (χ4n) is 3.52. The van der Waals surface area contributed by atoms with Gasteiger partial charge in [-0.25, -0.2) is 4.39 Å². The molecule has 25 heavy (non-hydrogen) atoms. The van der Waals surface area contributed by atoms with E-state index in [9.17, 15) is 9.18 Å². The summed E-state index contributed by atoms with van der Waals surface area (Å²) in [5.41, 5.74) is 2.33. The average Bonchev–Trinajstić information content (AvgIpc) is 2.96. The van der Waals surface area contributed by atoms with Crippen molar-refractivity contribution in [1.82, 2.24) is 15.5 Å². The molecule has 7 heteroatoms. The number of carbonyl (C=O) groups excluding carboxylic acids is 1. The first-order valence-corrected chi connectivity index (χ1v) is 8.37. The highest BCUT2D eigenvalue weighted by atomic mass is 19.1. The number of ether oxygens (including phenoxy) is 2. The average molecular weight is 345 g/mol. The molecule has 1 aromatic carbocycles. The molecule has 1 saturated heterocycles. The van der Waals surface area contributed by atoms with Crippen LogP contribution in [0.3, 0.4) is 0 Å². The molecule has 0 saturated carbocycles. The highest BCUT2D eigenvalue weighted by molar-refractivity contribution is 5.94. The molecule has 132 valence electrons. The number of benzene rings is 1. The highest BCUT2D eigenvalue weighted by Gasteiger charge is 2.43. The Hall–Kier alpha value is -2.25. The molecular weight excluding hydrogens is 325 g/mol. The van der Waals surface area contributed by atoms with E-state index in [2.05, 4.69) is 15.5 Å². The van der Waals surface area contributed by atoms with Crippen molar-refractivity contribution >= 4 is 5.91 Å². The SMILES string of the molecule is C[C@@H]1Cc2c(C(=O)NC3(c4ccc(F)cc4)COC3)n[nH]c2[C@H](C)O1. The molecule has 2 aliphatic rings. The van der Waals surface area contributed by atoms with Gasteiger partial charge in [0, 0.05) is 12.0 Å². The van der Waals surface area contributed by atoms with E-state index in [0.717, 1.165) is 16.8 Å². The van der Waals surface area contributed by atoms with Gasteiger partial charge in [-0.2, -0.15) is 5.10 Å². The number of fused-ring (bicyclic) bond motifs is 1. The largest absolute Gasteiger partial charge is 0.376 e. The number of nitrogens with one attached hydrogen (secondary N) is 2. The van der Waals surface area contributed by atoms with E-state index in [1.807, 2.05) is 13.8 Å². The van der Waals surface area contributed by atoms with Crippen LogP contribution < -0.4 is 5.32 Å². The molecule has 4 rings (SSSR count). The van der Waals surface area contributed by atoms with Crippen molar-refractivity contribution in [2.45, 2.75) is 38.0 Å². The van der Waals surface area contributed by atoms with Gasteiger partial charge in [-0.3, -0.25) is 9.89 Å². The van der Waals surface area contributed by atoms with Crippen LogP contribution in [0.5, 0.6) is 0 Å². The quantitative estimate of drug-likeness (QED) is 0.894. The van der Waals surface area contributed by atoms with Crippen molar-refractivity contribution in [3.63, 3.8) is 0 Å². The first kappa shape index (κ1) is 16.2. The Bertz CT molecular complexity index is 798. The normalized spacial score (nSPS) is 24.3. The van der Waals surface area contributed by atoms with Gasteiger partial charge in [0.25, 0.3) is 5.91 Å². The third kappa shape index (κ3) is 2.73. The van der Waals surface area contributed by atoms with Crippen LogP contribution in [0.4, 0.5) is 4.39 Å². The zero-order valence-corrected chi connectivity index (χ0v) is 14.1. The second-order valence-electron chi connectivity index (χ2n) is 6.79. The number of H-pyrrole nitrogens is 1. The summed E-state index contributed by atoms with van der Waals surface area (Å²) >= 11 is 0. The minimum Gasteiger partial charge on any atom is -0.376 e. The first-order chi connectivity index (χ1) is 12.0. The Kier molecular flexibility index (Phi) is 3.85. The van der Waals surface area contributed by atoms with Crippen LogP contribution in [0.15, 0.2) is 24.3 Å². The first-order valence-electron chi connectivity index (χ1n) is 8.37. The van der Waals surface area contributed by atoms with Gasteiger partial charge >= 0.3 is 0 Å². The van der Waals surface area contributed by atoms with Gasteiger partial charge < -0.3 is 14.8 Å². The molecule has 2 atom stereocenters. The lowest BCUT2D eigenvalue weighted by Crippen LogP contribution is -2.59. The predicted molar refractivity (Wildman–Crippen MR) is 87.6 cm³/mol. The fraction of sp³-hybridized carbons (Fsp3) is 0.444. The van der Waals surface area contributed by atoms with Gasteiger partial charge in [0.1, 0.15) is 11.4 Å². The molecule has 0 aliphatic carbocycles. The van der Waals surface area contributed by atoms with Crippen LogP contribution >= 0.6 is 0 Å². The number of carbonyl (C=O) groups is 1. The molecule has 0 bridgehead atoms. The highest BCUT2D eigenvalue weighted by Crippen LogP contribution is 2.33. The fourth-order valence-corrected chi connectivity index (χ4v) is 3.52. The third-order valence-corrected chi connectivity index (χ3v) is 4.90. The van der Waals surface area contributed by atoms with E-state index in [1.165, 1.54) is 12.1 Å². The van der Waals surface area contributed by atoms with E-state index in [4.69, 9.17) is 9.47 Å². The Morgan fingerprint density at radius 1 is 1.32 bits per heavy atom. The summed E-state index contributed by atoms with van der Waals surface area (Å²) in [6.07, 6.45) is 0.551.